The highest BCUT2D eigenvalue weighted by Gasteiger charge is 2.16. The number of hydrogen-bond acceptors (Lipinski definition) is 4. The third-order valence-corrected chi connectivity index (χ3v) is 5.72. The molecule has 166 valence electrons. The van der Waals surface area contributed by atoms with Crippen LogP contribution in [-0.4, -0.2) is 25.8 Å². The van der Waals surface area contributed by atoms with Crippen LogP contribution in [0.15, 0.2) is 83.8 Å². The van der Waals surface area contributed by atoms with Gasteiger partial charge in [-0.2, -0.15) is 0 Å². The Morgan fingerprint density at radius 3 is 2.00 bits per heavy atom. The maximum Gasteiger partial charge on any atom is 0.261 e. The van der Waals surface area contributed by atoms with Crippen molar-refractivity contribution in [1.29, 1.82) is 0 Å². The molecule has 3 aromatic rings. The number of hydrogen-bond donors (Lipinski definition) is 3. The monoisotopic (exact) mass is 451 g/mol. The fourth-order valence-corrected chi connectivity index (χ4v) is 3.93. The normalized spacial score (nSPS) is 11.5. The highest BCUT2D eigenvalue weighted by Crippen LogP contribution is 2.18. The zero-order valence-corrected chi connectivity index (χ0v) is 18.9. The number of amides is 2. The zero-order chi connectivity index (χ0) is 23.4. The molecule has 32 heavy (non-hydrogen) atoms. The van der Waals surface area contributed by atoms with Crippen molar-refractivity contribution >= 4 is 33.2 Å². The Balaban J connectivity index is 1.69. The molecule has 0 saturated heterocycles. The standard InChI is InChI=1S/C24H25N3O4S/c1-24(2,3)26-23(29)17-12-14-19(15-13-17)25-22(28)18-8-7-9-20(16-18)27-32(30,31)21-10-5-4-6-11-21/h4-16,27H,1-3H3,(H,25,28)(H,26,29). The second-order valence-electron chi connectivity index (χ2n) is 8.23. The molecule has 0 radical (unpaired) electrons. The van der Waals surface area contributed by atoms with Crippen molar-refractivity contribution in [2.45, 2.75) is 31.2 Å². The number of carbonyl (C=O) groups excluding carboxylic acids is 2. The van der Waals surface area contributed by atoms with E-state index in [4.69, 9.17) is 0 Å². The van der Waals surface area contributed by atoms with Gasteiger partial charge >= 0.3 is 0 Å². The molecule has 0 aliphatic rings. The summed E-state index contributed by atoms with van der Waals surface area (Å²) in [6.07, 6.45) is 0. The summed E-state index contributed by atoms with van der Waals surface area (Å²) >= 11 is 0. The first-order valence-corrected chi connectivity index (χ1v) is 11.4. The predicted molar refractivity (Wildman–Crippen MR) is 125 cm³/mol. The quantitative estimate of drug-likeness (QED) is 0.521. The van der Waals surface area contributed by atoms with Gasteiger partial charge in [-0.3, -0.25) is 14.3 Å². The molecule has 2 amide bonds. The maximum absolute atomic E-state index is 12.6. The van der Waals surface area contributed by atoms with Gasteiger partial charge in [0.15, 0.2) is 0 Å². The molecule has 8 heteroatoms. The molecule has 7 nitrogen and oxygen atoms in total. The van der Waals surface area contributed by atoms with Gasteiger partial charge in [-0.15, -0.1) is 0 Å². The molecule has 3 N–H and O–H groups in total. The van der Waals surface area contributed by atoms with Crippen molar-refractivity contribution in [2.75, 3.05) is 10.0 Å². The van der Waals surface area contributed by atoms with Gasteiger partial charge in [0.05, 0.1) is 4.90 Å². The van der Waals surface area contributed by atoms with Crippen LogP contribution in [0.2, 0.25) is 0 Å². The van der Waals surface area contributed by atoms with E-state index in [9.17, 15) is 18.0 Å². The van der Waals surface area contributed by atoms with Gasteiger partial charge in [0, 0.05) is 28.0 Å². The van der Waals surface area contributed by atoms with E-state index in [1.54, 1.807) is 60.7 Å². The molecule has 0 aliphatic heterocycles. The number of anilines is 2. The van der Waals surface area contributed by atoms with E-state index in [-0.39, 0.29) is 27.6 Å². The molecule has 3 rings (SSSR count). The van der Waals surface area contributed by atoms with E-state index in [1.807, 2.05) is 20.8 Å². The Kier molecular flexibility index (Phi) is 6.64. The summed E-state index contributed by atoms with van der Waals surface area (Å²) in [5.41, 5.74) is 1.20. The van der Waals surface area contributed by atoms with Gasteiger partial charge in [0.25, 0.3) is 21.8 Å². The van der Waals surface area contributed by atoms with Gasteiger partial charge in [-0.1, -0.05) is 24.3 Å². The number of nitrogens with one attached hydrogen (secondary N) is 3. The van der Waals surface area contributed by atoms with Crippen LogP contribution in [0.5, 0.6) is 0 Å². The lowest BCUT2D eigenvalue weighted by Gasteiger charge is -2.20. The first kappa shape index (κ1) is 23.0. The molecule has 0 aromatic heterocycles. The molecule has 0 spiro atoms. The van der Waals surface area contributed by atoms with E-state index >= 15 is 0 Å². The van der Waals surface area contributed by atoms with Crippen molar-refractivity contribution in [1.82, 2.24) is 5.32 Å². The Morgan fingerprint density at radius 2 is 1.38 bits per heavy atom. The molecule has 3 aromatic carbocycles. The van der Waals surface area contributed by atoms with Crippen LogP contribution < -0.4 is 15.4 Å². The summed E-state index contributed by atoms with van der Waals surface area (Å²) in [7, 11) is -3.76. The van der Waals surface area contributed by atoms with Gasteiger partial charge in [-0.25, -0.2) is 8.42 Å². The highest BCUT2D eigenvalue weighted by molar-refractivity contribution is 7.92. The largest absolute Gasteiger partial charge is 0.347 e. The third kappa shape index (κ3) is 6.18. The molecule has 0 bridgehead atoms. The molecule has 0 atom stereocenters. The third-order valence-electron chi connectivity index (χ3n) is 4.32. The van der Waals surface area contributed by atoms with E-state index in [1.165, 1.54) is 18.2 Å². The minimum atomic E-state index is -3.76. The summed E-state index contributed by atoms with van der Waals surface area (Å²) in [6, 6.07) is 20.7. The van der Waals surface area contributed by atoms with Gasteiger partial charge in [0.2, 0.25) is 0 Å². The fraction of sp³-hybridized carbons (Fsp3) is 0.167. The lowest BCUT2D eigenvalue weighted by Crippen LogP contribution is -2.40. The van der Waals surface area contributed by atoms with E-state index in [2.05, 4.69) is 15.4 Å². The van der Waals surface area contributed by atoms with Crippen LogP contribution in [0, 0.1) is 0 Å². The fourth-order valence-electron chi connectivity index (χ4n) is 2.86. The van der Waals surface area contributed by atoms with E-state index in [0.29, 0.717) is 11.3 Å². The van der Waals surface area contributed by atoms with Crippen molar-refractivity contribution in [3.8, 4) is 0 Å². The van der Waals surface area contributed by atoms with Gasteiger partial charge in [0.1, 0.15) is 0 Å². The number of benzene rings is 3. The summed E-state index contributed by atoms with van der Waals surface area (Å²) in [6.45, 7) is 5.69. The van der Waals surface area contributed by atoms with Gasteiger partial charge < -0.3 is 10.6 Å². The summed E-state index contributed by atoms with van der Waals surface area (Å²) in [5, 5.41) is 5.62. The number of rotatable bonds is 6. The second-order valence-corrected chi connectivity index (χ2v) is 9.92. The average Bonchev–Trinajstić information content (AvgIpc) is 2.73. The molecule has 0 heterocycles. The average molecular weight is 452 g/mol. The summed E-state index contributed by atoms with van der Waals surface area (Å²) in [5.74, 6) is -0.605. The Morgan fingerprint density at radius 1 is 0.719 bits per heavy atom. The molecule has 0 unspecified atom stereocenters. The topological polar surface area (TPSA) is 104 Å². The smallest absolute Gasteiger partial charge is 0.261 e. The van der Waals surface area contributed by atoms with Crippen molar-refractivity contribution in [3.05, 3.63) is 90.0 Å². The molecular formula is C24H25N3O4S. The van der Waals surface area contributed by atoms with Crippen LogP contribution in [-0.2, 0) is 10.0 Å². The lowest BCUT2D eigenvalue weighted by molar-refractivity contribution is 0.0919. The van der Waals surface area contributed by atoms with E-state index in [0.717, 1.165) is 0 Å². The second kappa shape index (κ2) is 9.23. The van der Waals surface area contributed by atoms with Gasteiger partial charge in [-0.05, 0) is 75.4 Å². The van der Waals surface area contributed by atoms with Crippen molar-refractivity contribution in [2.24, 2.45) is 0 Å². The Labute approximate surface area is 187 Å². The summed E-state index contributed by atoms with van der Waals surface area (Å²) in [4.78, 5) is 25.0. The first-order chi connectivity index (χ1) is 15.0. The Bertz CT molecular complexity index is 1220. The first-order valence-electron chi connectivity index (χ1n) is 9.95. The lowest BCUT2D eigenvalue weighted by atomic mass is 10.1. The van der Waals surface area contributed by atoms with Crippen LogP contribution in [0.25, 0.3) is 0 Å². The number of carbonyl (C=O) groups is 2. The Hall–Kier alpha value is -3.65. The van der Waals surface area contributed by atoms with Crippen LogP contribution >= 0.6 is 0 Å². The van der Waals surface area contributed by atoms with Crippen LogP contribution in [0.4, 0.5) is 11.4 Å². The van der Waals surface area contributed by atoms with Crippen LogP contribution in [0.1, 0.15) is 41.5 Å². The summed E-state index contributed by atoms with van der Waals surface area (Å²) < 4.78 is 27.5. The van der Waals surface area contributed by atoms with E-state index < -0.39 is 15.9 Å². The molecule has 0 aliphatic carbocycles. The molecule has 0 fully saturated rings. The highest BCUT2D eigenvalue weighted by atomic mass is 32.2. The SMILES string of the molecule is CC(C)(C)NC(=O)c1ccc(NC(=O)c2cccc(NS(=O)(=O)c3ccccc3)c2)cc1. The van der Waals surface area contributed by atoms with Crippen LogP contribution in [0.3, 0.4) is 0 Å². The predicted octanol–water partition coefficient (Wildman–Crippen LogP) is 4.27. The molecule has 0 saturated carbocycles. The van der Waals surface area contributed by atoms with Crippen molar-refractivity contribution < 1.29 is 18.0 Å². The minimum Gasteiger partial charge on any atom is -0.347 e. The molecular weight excluding hydrogens is 426 g/mol. The van der Waals surface area contributed by atoms with Crippen molar-refractivity contribution in [3.63, 3.8) is 0 Å². The minimum absolute atomic E-state index is 0.130. The zero-order valence-electron chi connectivity index (χ0n) is 18.0. The maximum atomic E-state index is 12.6. The number of sulfonamides is 1.